The topological polar surface area (TPSA) is 110 Å². The van der Waals surface area contributed by atoms with Crippen LogP contribution < -0.4 is 15.4 Å². The highest BCUT2D eigenvalue weighted by Crippen LogP contribution is 2.27. The number of benzene rings is 3. The third-order valence-corrected chi connectivity index (χ3v) is 8.22. The lowest BCUT2D eigenvalue weighted by Crippen LogP contribution is -2.41. The van der Waals surface area contributed by atoms with Gasteiger partial charge in [-0.2, -0.15) is 0 Å². The number of nitrogens with zero attached hydrogens (tertiary/aromatic N) is 2. The highest BCUT2D eigenvalue weighted by Gasteiger charge is 2.23. The van der Waals surface area contributed by atoms with Crippen LogP contribution in [0, 0.1) is 0 Å². The second kappa shape index (κ2) is 19.2. The van der Waals surface area contributed by atoms with Crippen LogP contribution >= 0.6 is 0 Å². The molecule has 3 aromatic carbocycles. The van der Waals surface area contributed by atoms with Gasteiger partial charge < -0.3 is 25.0 Å². The number of pyridine rings is 1. The van der Waals surface area contributed by atoms with Gasteiger partial charge in [0, 0.05) is 23.9 Å². The molecule has 0 saturated heterocycles. The van der Waals surface area contributed by atoms with Crippen molar-refractivity contribution in [2.75, 3.05) is 32.8 Å². The SMILES string of the molecule is CCCOc1ccc(-c2cc(C(=O)NC(CCCNC(=O)OCc3ccccc3)C(=O)CCCN(CC)CC)c3ccccc3n2)cc1. The molecule has 1 atom stereocenters. The predicted molar refractivity (Wildman–Crippen MR) is 190 cm³/mol. The molecule has 0 aliphatic rings. The van der Waals surface area contributed by atoms with Gasteiger partial charge in [0.1, 0.15) is 12.4 Å². The summed E-state index contributed by atoms with van der Waals surface area (Å²) >= 11 is 0. The average molecular weight is 653 g/mol. The summed E-state index contributed by atoms with van der Waals surface area (Å²) in [6, 6.07) is 25.7. The largest absolute Gasteiger partial charge is 0.494 e. The van der Waals surface area contributed by atoms with Gasteiger partial charge in [-0.1, -0.05) is 69.3 Å². The molecule has 2 N–H and O–H groups in total. The van der Waals surface area contributed by atoms with Gasteiger partial charge in [-0.15, -0.1) is 0 Å². The molecule has 9 nitrogen and oxygen atoms in total. The Balaban J connectivity index is 1.46. The first-order valence-electron chi connectivity index (χ1n) is 17.0. The van der Waals surface area contributed by atoms with E-state index in [2.05, 4.69) is 36.3 Å². The minimum atomic E-state index is -0.707. The Hall–Kier alpha value is -4.76. The Kier molecular flexibility index (Phi) is 14.4. The lowest BCUT2D eigenvalue weighted by molar-refractivity contribution is -0.121. The average Bonchev–Trinajstić information content (AvgIpc) is 3.12. The molecule has 0 aliphatic carbocycles. The number of para-hydroxylation sites is 1. The van der Waals surface area contributed by atoms with Crippen LogP contribution in [0.5, 0.6) is 5.75 Å². The number of hydrogen-bond donors (Lipinski definition) is 2. The monoisotopic (exact) mass is 652 g/mol. The number of amides is 2. The maximum Gasteiger partial charge on any atom is 0.407 e. The van der Waals surface area contributed by atoms with Crippen molar-refractivity contribution >= 4 is 28.7 Å². The summed E-state index contributed by atoms with van der Waals surface area (Å²) in [6.45, 7) is 10.1. The standard InChI is InChI=1S/C39H48N4O5/c1-4-26-47-31-22-20-30(21-23-31)36-27-33(32-16-10-11-17-34(32)41-36)38(45)42-35(37(44)19-13-25-43(5-2)6-3)18-12-24-40-39(46)48-28-29-14-8-7-9-15-29/h7-11,14-17,20-23,27,35H,4-6,12-13,18-19,24-26,28H2,1-3H3,(H,40,46)(H,42,45). The van der Waals surface area contributed by atoms with Crippen molar-refractivity contribution in [3.63, 3.8) is 0 Å². The molecule has 48 heavy (non-hydrogen) atoms. The molecule has 1 heterocycles. The Morgan fingerprint density at radius 2 is 1.60 bits per heavy atom. The van der Waals surface area contributed by atoms with Crippen molar-refractivity contribution in [3.8, 4) is 17.0 Å². The van der Waals surface area contributed by atoms with E-state index in [0.29, 0.717) is 61.0 Å². The van der Waals surface area contributed by atoms with Gasteiger partial charge in [0.2, 0.25) is 0 Å². The van der Waals surface area contributed by atoms with Crippen LogP contribution in [-0.2, 0) is 16.1 Å². The fourth-order valence-electron chi connectivity index (χ4n) is 5.46. The van der Waals surface area contributed by atoms with Crippen molar-refractivity contribution in [2.45, 2.75) is 65.5 Å². The summed E-state index contributed by atoms with van der Waals surface area (Å²) in [4.78, 5) is 46.9. The van der Waals surface area contributed by atoms with Crippen LogP contribution in [0.4, 0.5) is 4.79 Å². The zero-order chi connectivity index (χ0) is 34.1. The molecule has 1 aromatic heterocycles. The highest BCUT2D eigenvalue weighted by molar-refractivity contribution is 6.08. The molecule has 4 rings (SSSR count). The number of hydrogen-bond acceptors (Lipinski definition) is 7. The molecule has 0 bridgehead atoms. The summed E-state index contributed by atoms with van der Waals surface area (Å²) in [5.41, 5.74) is 3.54. The lowest BCUT2D eigenvalue weighted by Gasteiger charge is -2.21. The number of Topliss-reactive ketones (excluding diaryl/α,β-unsaturated/α-hetero) is 1. The minimum Gasteiger partial charge on any atom is -0.494 e. The van der Waals surface area contributed by atoms with E-state index >= 15 is 0 Å². The summed E-state index contributed by atoms with van der Waals surface area (Å²) in [7, 11) is 0. The van der Waals surface area contributed by atoms with Crippen molar-refractivity contribution in [1.82, 2.24) is 20.5 Å². The quantitative estimate of drug-likeness (QED) is 0.103. The van der Waals surface area contributed by atoms with Gasteiger partial charge in [-0.3, -0.25) is 9.59 Å². The minimum absolute atomic E-state index is 0.0246. The number of fused-ring (bicyclic) bond motifs is 1. The van der Waals surface area contributed by atoms with Gasteiger partial charge in [0.05, 0.1) is 29.4 Å². The molecule has 0 saturated carbocycles. The van der Waals surface area contributed by atoms with Crippen molar-refractivity contribution in [2.24, 2.45) is 0 Å². The molecule has 0 spiro atoms. The third kappa shape index (κ3) is 10.9. The van der Waals surface area contributed by atoms with E-state index in [1.165, 1.54) is 0 Å². The van der Waals surface area contributed by atoms with Crippen molar-refractivity contribution < 1.29 is 23.9 Å². The maximum absolute atomic E-state index is 14.0. The summed E-state index contributed by atoms with van der Waals surface area (Å²) in [5, 5.41) is 6.51. The molecule has 254 valence electrons. The summed E-state index contributed by atoms with van der Waals surface area (Å²) < 4.78 is 11.0. The van der Waals surface area contributed by atoms with E-state index in [9.17, 15) is 14.4 Å². The van der Waals surface area contributed by atoms with E-state index in [0.717, 1.165) is 42.9 Å². The van der Waals surface area contributed by atoms with Crippen LogP contribution in [0.2, 0.25) is 0 Å². The Labute approximate surface area is 284 Å². The zero-order valence-corrected chi connectivity index (χ0v) is 28.4. The van der Waals surface area contributed by atoms with Gasteiger partial charge in [0.15, 0.2) is 5.78 Å². The fourth-order valence-corrected chi connectivity index (χ4v) is 5.46. The maximum atomic E-state index is 14.0. The van der Waals surface area contributed by atoms with Crippen LogP contribution in [0.1, 0.15) is 68.8 Å². The molecule has 4 aromatic rings. The Morgan fingerprint density at radius 3 is 2.33 bits per heavy atom. The van der Waals surface area contributed by atoms with Crippen LogP contribution in [0.3, 0.4) is 0 Å². The number of carbonyl (C=O) groups is 3. The number of aromatic nitrogens is 1. The second-order valence-corrected chi connectivity index (χ2v) is 11.7. The van der Waals surface area contributed by atoms with Crippen LogP contribution in [-0.4, -0.2) is 66.5 Å². The fraction of sp³-hybridized carbons (Fsp3) is 0.385. The number of carbonyl (C=O) groups excluding carboxylic acids is 3. The lowest BCUT2D eigenvalue weighted by atomic mass is 10.00. The molecular weight excluding hydrogens is 604 g/mol. The number of alkyl carbamates (subject to hydrolysis) is 1. The third-order valence-electron chi connectivity index (χ3n) is 8.22. The number of nitrogens with one attached hydrogen (secondary N) is 2. The van der Waals surface area contributed by atoms with Gasteiger partial charge in [-0.25, -0.2) is 9.78 Å². The highest BCUT2D eigenvalue weighted by atomic mass is 16.5. The van der Waals surface area contributed by atoms with Gasteiger partial charge in [-0.05, 0) is 87.3 Å². The molecule has 9 heteroatoms. The molecular formula is C39H48N4O5. The molecule has 0 aliphatic heterocycles. The van der Waals surface area contributed by atoms with Crippen LogP contribution in [0.15, 0.2) is 84.9 Å². The van der Waals surface area contributed by atoms with E-state index in [1.807, 2.05) is 78.9 Å². The Bertz CT molecular complexity index is 1610. The van der Waals surface area contributed by atoms with E-state index in [-0.39, 0.29) is 18.3 Å². The number of rotatable bonds is 19. The second-order valence-electron chi connectivity index (χ2n) is 11.7. The zero-order valence-electron chi connectivity index (χ0n) is 28.4. The molecule has 1 unspecified atom stereocenters. The van der Waals surface area contributed by atoms with Gasteiger partial charge >= 0.3 is 6.09 Å². The van der Waals surface area contributed by atoms with E-state index in [4.69, 9.17) is 14.5 Å². The summed E-state index contributed by atoms with van der Waals surface area (Å²) in [5.74, 6) is 0.416. The Morgan fingerprint density at radius 1 is 0.875 bits per heavy atom. The molecule has 2 amide bonds. The first-order valence-corrected chi connectivity index (χ1v) is 17.0. The normalized spacial score (nSPS) is 11.7. The summed E-state index contributed by atoms with van der Waals surface area (Å²) in [6.07, 6.45) is 2.32. The van der Waals surface area contributed by atoms with E-state index < -0.39 is 12.1 Å². The molecule has 0 fully saturated rings. The molecule has 0 radical (unpaired) electrons. The predicted octanol–water partition coefficient (Wildman–Crippen LogP) is 7.19. The van der Waals surface area contributed by atoms with Crippen molar-refractivity contribution in [3.05, 3.63) is 96.1 Å². The first-order chi connectivity index (χ1) is 23.4. The number of ether oxygens (including phenoxy) is 2. The first kappa shape index (κ1) is 36.1. The van der Waals surface area contributed by atoms with Gasteiger partial charge in [0.25, 0.3) is 5.91 Å². The van der Waals surface area contributed by atoms with Crippen LogP contribution in [0.25, 0.3) is 22.2 Å². The number of ketones is 1. The smallest absolute Gasteiger partial charge is 0.407 e. The van der Waals surface area contributed by atoms with Crippen molar-refractivity contribution in [1.29, 1.82) is 0 Å². The van der Waals surface area contributed by atoms with E-state index in [1.54, 1.807) is 6.07 Å².